The lowest BCUT2D eigenvalue weighted by Gasteiger charge is -2.35. The first-order valence-electron chi connectivity index (χ1n) is 18.4. The highest BCUT2D eigenvalue weighted by atomic mass is 15.1. The number of hydrogen-bond acceptors (Lipinski definition) is 1. The summed E-state index contributed by atoms with van der Waals surface area (Å²) >= 11 is 0. The van der Waals surface area contributed by atoms with Crippen molar-refractivity contribution in [2.24, 2.45) is 0 Å². The molecule has 0 unspecified atom stereocenters. The number of rotatable bonds is 4. The molecule has 0 aliphatic heterocycles. The fourth-order valence-electron chi connectivity index (χ4n) is 7.04. The van der Waals surface area contributed by atoms with E-state index in [1.807, 2.05) is 0 Å². The van der Waals surface area contributed by atoms with Crippen LogP contribution in [0.15, 0.2) is 109 Å². The lowest BCUT2D eigenvalue weighted by molar-refractivity contribution is 0.568. The Balaban J connectivity index is 1.82. The van der Waals surface area contributed by atoms with Gasteiger partial charge in [-0.2, -0.15) is 0 Å². The average molecular weight is 660 g/mol. The number of nitrogens with zero attached hydrogens (tertiary/aromatic N) is 1. The molecule has 6 aromatic carbocycles. The van der Waals surface area contributed by atoms with Gasteiger partial charge in [-0.1, -0.05) is 162 Å². The van der Waals surface area contributed by atoms with Gasteiger partial charge in [0.2, 0.25) is 0 Å². The van der Waals surface area contributed by atoms with Gasteiger partial charge >= 0.3 is 0 Å². The summed E-state index contributed by atoms with van der Waals surface area (Å²) in [5.41, 5.74) is 12.7. The maximum Gasteiger partial charge on any atom is 0.0618 e. The van der Waals surface area contributed by atoms with Gasteiger partial charge in [-0.25, -0.2) is 0 Å². The molecule has 0 amide bonds. The second-order valence-corrected chi connectivity index (χ2v) is 18.5. The van der Waals surface area contributed by atoms with Gasteiger partial charge in [-0.3, -0.25) is 0 Å². The first-order valence-corrected chi connectivity index (χ1v) is 18.4. The molecule has 0 aliphatic carbocycles. The van der Waals surface area contributed by atoms with Crippen molar-refractivity contribution in [3.8, 4) is 11.1 Å². The van der Waals surface area contributed by atoms with E-state index in [9.17, 15) is 0 Å². The minimum atomic E-state index is -0.0203. The molecule has 1 heteroatoms. The molecule has 0 fully saturated rings. The zero-order chi connectivity index (χ0) is 36.4. The molecule has 258 valence electrons. The highest BCUT2D eigenvalue weighted by molar-refractivity contribution is 6.17. The number of fused-ring (bicyclic) bond motifs is 2. The molecule has 50 heavy (non-hydrogen) atoms. The van der Waals surface area contributed by atoms with E-state index in [0.29, 0.717) is 0 Å². The smallest absolute Gasteiger partial charge is 0.0618 e. The Morgan fingerprint density at radius 1 is 0.360 bits per heavy atom. The highest BCUT2D eigenvalue weighted by Crippen LogP contribution is 2.49. The third-order valence-electron chi connectivity index (χ3n) is 10.4. The first kappa shape index (κ1) is 35.5. The van der Waals surface area contributed by atoms with Crippen LogP contribution in [0.4, 0.5) is 17.1 Å². The molecule has 0 spiro atoms. The lowest BCUT2D eigenvalue weighted by Crippen LogP contribution is -2.21. The summed E-state index contributed by atoms with van der Waals surface area (Å²) in [6.45, 7) is 30.3. The van der Waals surface area contributed by atoms with Crippen molar-refractivity contribution in [2.75, 3.05) is 4.90 Å². The molecule has 6 rings (SSSR count). The Kier molecular flexibility index (Phi) is 8.83. The molecule has 0 aliphatic rings. The normalized spacial score (nSPS) is 12.9. The maximum atomic E-state index is 2.60. The Morgan fingerprint density at radius 2 is 0.760 bits per heavy atom. The fourth-order valence-corrected chi connectivity index (χ4v) is 7.04. The van der Waals surface area contributed by atoms with E-state index in [-0.39, 0.29) is 21.7 Å². The first-order chi connectivity index (χ1) is 23.2. The zero-order valence-electron chi connectivity index (χ0n) is 32.8. The molecule has 6 aromatic rings. The summed E-state index contributed by atoms with van der Waals surface area (Å²) in [5.74, 6) is 0. The fraction of sp³-hybridized carbons (Fsp3) is 0.347. The number of aryl methyl sites for hydroxylation is 1. The third-order valence-corrected chi connectivity index (χ3v) is 10.4. The number of anilines is 3. The second-order valence-electron chi connectivity index (χ2n) is 18.5. The molecule has 0 saturated carbocycles. The summed E-state index contributed by atoms with van der Waals surface area (Å²) in [4.78, 5) is 2.60. The average Bonchev–Trinajstić information content (AvgIpc) is 3.05. The van der Waals surface area contributed by atoms with Crippen LogP contribution in [0, 0.1) is 6.92 Å². The molecule has 0 saturated heterocycles. The Hall–Kier alpha value is -4.36. The van der Waals surface area contributed by atoms with Crippen molar-refractivity contribution >= 4 is 38.6 Å². The van der Waals surface area contributed by atoms with Crippen molar-refractivity contribution < 1.29 is 0 Å². The molecule has 0 heterocycles. The van der Waals surface area contributed by atoms with Crippen molar-refractivity contribution in [1.29, 1.82) is 0 Å². The van der Waals surface area contributed by atoms with Crippen LogP contribution in [0.25, 0.3) is 32.7 Å². The summed E-state index contributed by atoms with van der Waals surface area (Å²) in [6, 6.07) is 41.6. The van der Waals surface area contributed by atoms with E-state index in [2.05, 4.69) is 204 Å². The van der Waals surface area contributed by atoms with Crippen molar-refractivity contribution in [1.82, 2.24) is 0 Å². The molecule has 1 nitrogen and oxygen atoms in total. The van der Waals surface area contributed by atoms with Gasteiger partial charge in [0.05, 0.1) is 5.69 Å². The summed E-state index contributed by atoms with van der Waals surface area (Å²) in [5, 5.41) is 5.10. The predicted octanol–water partition coefficient (Wildman–Crippen LogP) is 14.6. The van der Waals surface area contributed by atoms with E-state index in [4.69, 9.17) is 0 Å². The van der Waals surface area contributed by atoms with Crippen LogP contribution in [0.1, 0.15) is 111 Å². The summed E-state index contributed by atoms with van der Waals surface area (Å²) < 4.78 is 0. The Bertz CT molecular complexity index is 2050. The van der Waals surface area contributed by atoms with Crippen molar-refractivity contribution in [2.45, 2.75) is 112 Å². The van der Waals surface area contributed by atoms with Crippen LogP contribution in [0.2, 0.25) is 0 Å². The van der Waals surface area contributed by atoms with E-state index in [0.717, 1.165) is 0 Å². The van der Waals surface area contributed by atoms with Gasteiger partial charge in [-0.05, 0) is 109 Å². The lowest BCUT2D eigenvalue weighted by atomic mass is 9.79. The minimum absolute atomic E-state index is 0.0203. The van der Waals surface area contributed by atoms with Crippen LogP contribution in [0.3, 0.4) is 0 Å². The van der Waals surface area contributed by atoms with Crippen LogP contribution < -0.4 is 4.90 Å². The quantitative estimate of drug-likeness (QED) is 0.170. The van der Waals surface area contributed by atoms with Crippen molar-refractivity contribution in [3.63, 3.8) is 0 Å². The largest absolute Gasteiger partial charge is 0.309 e. The highest BCUT2D eigenvalue weighted by Gasteiger charge is 2.28. The maximum absolute atomic E-state index is 2.60. The standard InChI is InChI=1S/C49H57N/c1-32-41-21-17-18-22-42(41)45(43-24-23-34(25-44(32)43)33-19-15-14-16-20-33)50(39-28-35(46(2,3)4)26-36(29-39)47(5,6)7)40-30-37(48(8,9)10)27-38(31-40)49(11,12)13/h14-31H,1-13H3. The molecular weight excluding hydrogens is 603 g/mol. The SMILES string of the molecule is Cc1c2ccccc2c(N(c2cc(C(C)(C)C)cc(C(C)(C)C)c2)c2cc(C(C)(C)C)cc(C(C)(C)C)c2)c2ccc(-c3ccccc3)cc12. The van der Waals surface area contributed by atoms with Gasteiger partial charge in [0.1, 0.15) is 0 Å². The number of benzene rings is 6. The van der Waals surface area contributed by atoms with E-state index >= 15 is 0 Å². The van der Waals surface area contributed by atoms with E-state index in [1.54, 1.807) is 0 Å². The number of hydrogen-bond donors (Lipinski definition) is 0. The zero-order valence-corrected chi connectivity index (χ0v) is 32.8. The van der Waals surface area contributed by atoms with Gasteiger partial charge in [0.25, 0.3) is 0 Å². The molecule has 0 bridgehead atoms. The van der Waals surface area contributed by atoms with Crippen LogP contribution in [-0.2, 0) is 21.7 Å². The van der Waals surface area contributed by atoms with Gasteiger partial charge < -0.3 is 4.90 Å². The van der Waals surface area contributed by atoms with Gasteiger partial charge in [-0.15, -0.1) is 0 Å². The molecule has 0 N–H and O–H groups in total. The Labute approximate surface area is 302 Å². The molecule has 0 atom stereocenters. The van der Waals surface area contributed by atoms with Crippen molar-refractivity contribution in [3.05, 3.63) is 137 Å². The monoisotopic (exact) mass is 659 g/mol. The van der Waals surface area contributed by atoms with Gasteiger partial charge in [0, 0.05) is 22.1 Å². The van der Waals surface area contributed by atoms with E-state index < -0.39 is 0 Å². The molecule has 0 radical (unpaired) electrons. The minimum Gasteiger partial charge on any atom is -0.309 e. The second kappa shape index (κ2) is 12.4. The summed E-state index contributed by atoms with van der Waals surface area (Å²) in [6.07, 6.45) is 0. The van der Waals surface area contributed by atoms with Crippen LogP contribution in [0.5, 0.6) is 0 Å². The van der Waals surface area contributed by atoms with Gasteiger partial charge in [0.15, 0.2) is 0 Å². The topological polar surface area (TPSA) is 3.24 Å². The van der Waals surface area contributed by atoms with Crippen LogP contribution >= 0.6 is 0 Å². The molecular formula is C49H57N. The predicted molar refractivity (Wildman–Crippen MR) is 221 cm³/mol. The van der Waals surface area contributed by atoms with Crippen LogP contribution in [-0.4, -0.2) is 0 Å². The third kappa shape index (κ3) is 6.85. The molecule has 0 aromatic heterocycles. The Morgan fingerprint density at radius 3 is 1.20 bits per heavy atom. The summed E-state index contributed by atoms with van der Waals surface area (Å²) in [7, 11) is 0. The van der Waals surface area contributed by atoms with E-state index in [1.165, 1.54) is 77.6 Å².